The Balaban J connectivity index is 2.82. The van der Waals surface area contributed by atoms with Crippen LogP contribution in [-0.4, -0.2) is 36.1 Å². The molecule has 1 rings (SSSR count). The van der Waals surface area contributed by atoms with Crippen LogP contribution in [0.3, 0.4) is 0 Å². The van der Waals surface area contributed by atoms with Crippen molar-refractivity contribution < 1.29 is 24.2 Å². The molecule has 2 N–H and O–H groups in total. The molecule has 6 nitrogen and oxygen atoms in total. The van der Waals surface area contributed by atoms with Crippen LogP contribution in [0.5, 0.6) is 0 Å². The fraction of sp³-hybridized carbons (Fsp3) is 0.400. The normalized spacial score (nSPS) is 11.5. The zero-order valence-corrected chi connectivity index (χ0v) is 12.1. The maximum absolute atomic E-state index is 12.1. The molecule has 0 saturated heterocycles. The van der Waals surface area contributed by atoms with Crippen LogP contribution in [0.25, 0.3) is 0 Å². The van der Waals surface area contributed by atoms with E-state index in [0.717, 1.165) is 6.42 Å². The first-order valence-electron chi connectivity index (χ1n) is 6.71. The molecule has 0 saturated carbocycles. The zero-order chi connectivity index (χ0) is 15.8. The third-order valence-corrected chi connectivity index (χ3v) is 3.00. The fourth-order valence-electron chi connectivity index (χ4n) is 1.81. The van der Waals surface area contributed by atoms with Gasteiger partial charge >= 0.3 is 11.9 Å². The van der Waals surface area contributed by atoms with Crippen molar-refractivity contribution in [2.75, 3.05) is 7.11 Å². The van der Waals surface area contributed by atoms with E-state index in [0.29, 0.717) is 12.8 Å². The van der Waals surface area contributed by atoms with Crippen LogP contribution < -0.4 is 5.32 Å². The molecule has 1 atom stereocenters. The quantitative estimate of drug-likeness (QED) is 0.748. The molecule has 21 heavy (non-hydrogen) atoms. The number of carbonyl (C=O) groups excluding carboxylic acids is 2. The van der Waals surface area contributed by atoms with Crippen molar-refractivity contribution in [3.63, 3.8) is 0 Å². The first kappa shape index (κ1) is 16.7. The number of unbranched alkanes of at least 4 members (excludes halogenated alkanes) is 1. The molecule has 1 unspecified atom stereocenters. The number of rotatable bonds is 7. The minimum Gasteiger partial charge on any atom is -0.480 e. The predicted molar refractivity (Wildman–Crippen MR) is 76.2 cm³/mol. The third-order valence-electron chi connectivity index (χ3n) is 3.00. The Bertz CT molecular complexity index is 527. The van der Waals surface area contributed by atoms with E-state index in [-0.39, 0.29) is 11.1 Å². The highest BCUT2D eigenvalue weighted by Crippen LogP contribution is 2.08. The molecule has 0 fully saturated rings. The van der Waals surface area contributed by atoms with Gasteiger partial charge in [-0.1, -0.05) is 25.8 Å². The fourth-order valence-corrected chi connectivity index (χ4v) is 1.81. The van der Waals surface area contributed by atoms with Gasteiger partial charge < -0.3 is 15.2 Å². The van der Waals surface area contributed by atoms with Gasteiger partial charge in [0.2, 0.25) is 0 Å². The zero-order valence-electron chi connectivity index (χ0n) is 12.1. The summed E-state index contributed by atoms with van der Waals surface area (Å²) in [6.07, 6.45) is 1.92. The van der Waals surface area contributed by atoms with Crippen LogP contribution in [0.1, 0.15) is 46.9 Å². The van der Waals surface area contributed by atoms with Gasteiger partial charge in [0.05, 0.1) is 12.7 Å². The maximum Gasteiger partial charge on any atom is 0.337 e. The molecule has 6 heteroatoms. The summed E-state index contributed by atoms with van der Waals surface area (Å²) in [6, 6.07) is 5.02. The number of methoxy groups -OCH3 is 1. The Labute approximate surface area is 123 Å². The second-order valence-electron chi connectivity index (χ2n) is 4.58. The summed E-state index contributed by atoms with van der Waals surface area (Å²) in [5, 5.41) is 11.5. The van der Waals surface area contributed by atoms with E-state index in [9.17, 15) is 14.4 Å². The number of nitrogens with one attached hydrogen (secondary N) is 1. The standard InChI is InChI=1S/C15H19NO5/c1-3-4-8-12(14(18)19)16-13(17)10-6-5-7-11(9-10)15(20)21-2/h5-7,9,12H,3-4,8H2,1-2H3,(H,16,17)(H,18,19). The Hall–Kier alpha value is -2.37. The van der Waals surface area contributed by atoms with E-state index in [1.165, 1.54) is 25.3 Å². The minimum absolute atomic E-state index is 0.223. The van der Waals surface area contributed by atoms with Crippen LogP contribution in [0.15, 0.2) is 24.3 Å². The molecule has 0 aliphatic heterocycles. The van der Waals surface area contributed by atoms with E-state index in [1.54, 1.807) is 6.07 Å². The lowest BCUT2D eigenvalue weighted by Crippen LogP contribution is -2.40. The average Bonchev–Trinajstić information content (AvgIpc) is 2.50. The van der Waals surface area contributed by atoms with Gasteiger partial charge in [-0.15, -0.1) is 0 Å². The summed E-state index contributed by atoms with van der Waals surface area (Å²) in [4.78, 5) is 34.6. The predicted octanol–water partition coefficient (Wildman–Crippen LogP) is 1.85. The molecule has 0 radical (unpaired) electrons. The summed E-state index contributed by atoms with van der Waals surface area (Å²) in [7, 11) is 1.25. The second-order valence-corrected chi connectivity index (χ2v) is 4.58. The topological polar surface area (TPSA) is 92.7 Å². The number of hydrogen-bond donors (Lipinski definition) is 2. The van der Waals surface area contributed by atoms with Gasteiger partial charge in [-0.25, -0.2) is 9.59 Å². The molecular formula is C15H19NO5. The van der Waals surface area contributed by atoms with Crippen LogP contribution >= 0.6 is 0 Å². The van der Waals surface area contributed by atoms with Crippen molar-refractivity contribution in [2.24, 2.45) is 0 Å². The summed E-state index contributed by atoms with van der Waals surface area (Å²) in [6.45, 7) is 1.95. The van der Waals surface area contributed by atoms with Crippen molar-refractivity contribution in [1.29, 1.82) is 0 Å². The molecular weight excluding hydrogens is 274 g/mol. The highest BCUT2D eigenvalue weighted by Gasteiger charge is 2.20. The number of esters is 1. The van der Waals surface area contributed by atoms with Crippen molar-refractivity contribution in [3.05, 3.63) is 35.4 Å². The highest BCUT2D eigenvalue weighted by molar-refractivity contribution is 5.99. The lowest BCUT2D eigenvalue weighted by Gasteiger charge is -2.14. The van der Waals surface area contributed by atoms with Crippen molar-refractivity contribution in [3.8, 4) is 0 Å². The number of amides is 1. The van der Waals surface area contributed by atoms with E-state index in [2.05, 4.69) is 10.1 Å². The molecule has 1 aromatic carbocycles. The monoisotopic (exact) mass is 293 g/mol. The van der Waals surface area contributed by atoms with E-state index >= 15 is 0 Å². The molecule has 1 aromatic rings. The molecule has 0 spiro atoms. The first-order chi connectivity index (χ1) is 9.99. The van der Waals surface area contributed by atoms with E-state index < -0.39 is 23.9 Å². The van der Waals surface area contributed by atoms with Crippen LogP contribution in [0.4, 0.5) is 0 Å². The van der Waals surface area contributed by atoms with Crippen molar-refractivity contribution in [2.45, 2.75) is 32.2 Å². The van der Waals surface area contributed by atoms with Gasteiger partial charge in [0, 0.05) is 5.56 Å². The number of carbonyl (C=O) groups is 3. The summed E-state index contributed by atoms with van der Waals surface area (Å²) in [5.41, 5.74) is 0.464. The highest BCUT2D eigenvalue weighted by atomic mass is 16.5. The molecule has 0 heterocycles. The Morgan fingerprint density at radius 3 is 2.52 bits per heavy atom. The molecule has 1 amide bonds. The number of aliphatic carboxylic acids is 1. The Morgan fingerprint density at radius 2 is 1.95 bits per heavy atom. The van der Waals surface area contributed by atoms with E-state index in [1.807, 2.05) is 6.92 Å². The molecule has 114 valence electrons. The first-order valence-corrected chi connectivity index (χ1v) is 6.71. The van der Waals surface area contributed by atoms with Gasteiger partial charge in [0.15, 0.2) is 0 Å². The molecule has 0 aliphatic rings. The third kappa shape index (κ3) is 4.91. The summed E-state index contributed by atoms with van der Waals surface area (Å²) < 4.78 is 4.58. The van der Waals surface area contributed by atoms with Crippen molar-refractivity contribution >= 4 is 17.8 Å². The summed E-state index contributed by atoms with van der Waals surface area (Å²) in [5.74, 6) is -2.14. The smallest absolute Gasteiger partial charge is 0.337 e. The summed E-state index contributed by atoms with van der Waals surface area (Å²) >= 11 is 0. The largest absolute Gasteiger partial charge is 0.480 e. The van der Waals surface area contributed by atoms with Crippen LogP contribution in [0.2, 0.25) is 0 Å². The lowest BCUT2D eigenvalue weighted by atomic mass is 10.1. The Kier molecular flexibility index (Phi) is 6.39. The maximum atomic E-state index is 12.1. The molecule has 0 aromatic heterocycles. The van der Waals surface area contributed by atoms with Gasteiger partial charge in [-0.05, 0) is 24.6 Å². The SMILES string of the molecule is CCCCC(NC(=O)c1cccc(C(=O)OC)c1)C(=O)O. The second kappa shape index (κ2) is 8.04. The number of ether oxygens (including phenoxy) is 1. The van der Waals surface area contributed by atoms with Gasteiger partial charge in [0.1, 0.15) is 6.04 Å². The Morgan fingerprint density at radius 1 is 1.29 bits per heavy atom. The minimum atomic E-state index is -1.07. The van der Waals surface area contributed by atoms with Crippen LogP contribution in [-0.2, 0) is 9.53 Å². The molecule has 0 bridgehead atoms. The lowest BCUT2D eigenvalue weighted by molar-refractivity contribution is -0.139. The van der Waals surface area contributed by atoms with Gasteiger partial charge in [-0.2, -0.15) is 0 Å². The van der Waals surface area contributed by atoms with Gasteiger partial charge in [0.25, 0.3) is 5.91 Å². The number of hydrogen-bond acceptors (Lipinski definition) is 4. The number of benzene rings is 1. The number of carboxylic acid groups (broad SMARTS) is 1. The van der Waals surface area contributed by atoms with E-state index in [4.69, 9.17) is 5.11 Å². The van der Waals surface area contributed by atoms with Crippen molar-refractivity contribution in [1.82, 2.24) is 5.32 Å². The number of carboxylic acids is 1. The molecule has 0 aliphatic carbocycles. The van der Waals surface area contributed by atoms with Crippen LogP contribution in [0, 0.1) is 0 Å². The van der Waals surface area contributed by atoms with Gasteiger partial charge in [-0.3, -0.25) is 4.79 Å². The average molecular weight is 293 g/mol.